The quantitative estimate of drug-likeness (QED) is 0.861. The molecule has 1 aromatic rings. The monoisotopic (exact) mass is 289 g/mol. The molecule has 116 valence electrons. The molecule has 2 fully saturated rings. The fraction of sp³-hybridized carbons (Fsp3) is 0.647. The van der Waals surface area contributed by atoms with Crippen LogP contribution in [0.25, 0.3) is 0 Å². The Morgan fingerprint density at radius 1 is 1.14 bits per heavy atom. The highest BCUT2D eigenvalue weighted by molar-refractivity contribution is 5.56. The third kappa shape index (κ3) is 2.93. The average molecular weight is 289 g/mol. The van der Waals surface area contributed by atoms with Crippen LogP contribution in [0.1, 0.15) is 24.0 Å². The molecule has 2 saturated heterocycles. The number of aliphatic hydroxyl groups excluding tert-OH is 1. The normalized spacial score (nSPS) is 28.3. The highest BCUT2D eigenvalue weighted by Gasteiger charge is 2.34. The van der Waals surface area contributed by atoms with Gasteiger partial charge in [0, 0.05) is 44.0 Å². The second-order valence-electron chi connectivity index (χ2n) is 6.62. The summed E-state index contributed by atoms with van der Waals surface area (Å²) in [5.74, 6) is 0. The van der Waals surface area contributed by atoms with E-state index in [1.807, 2.05) is 0 Å². The molecular weight excluding hydrogens is 262 g/mol. The van der Waals surface area contributed by atoms with Gasteiger partial charge in [-0.2, -0.15) is 0 Å². The summed E-state index contributed by atoms with van der Waals surface area (Å²) in [4.78, 5) is 4.89. The standard InChI is InChI=1S/C17H27N3O/c1-12-4-3-5-16(13(12)2)19-8-6-14(7-9-19)20-10-15(18)17(21)11-20/h3-5,14-15,17,21H,6-11,18H2,1-2H3. The molecule has 0 saturated carbocycles. The lowest BCUT2D eigenvalue weighted by atomic mass is 10.0. The second-order valence-corrected chi connectivity index (χ2v) is 6.62. The van der Waals surface area contributed by atoms with Gasteiger partial charge in [-0.15, -0.1) is 0 Å². The maximum Gasteiger partial charge on any atom is 0.0830 e. The number of nitrogens with two attached hydrogens (primary N) is 1. The van der Waals surface area contributed by atoms with Crippen molar-refractivity contribution in [3.8, 4) is 0 Å². The Hall–Kier alpha value is -1.10. The molecule has 21 heavy (non-hydrogen) atoms. The van der Waals surface area contributed by atoms with Gasteiger partial charge in [-0.25, -0.2) is 0 Å². The van der Waals surface area contributed by atoms with Crippen LogP contribution in [0.3, 0.4) is 0 Å². The number of rotatable bonds is 2. The summed E-state index contributed by atoms with van der Waals surface area (Å²) in [6.45, 7) is 8.17. The maximum atomic E-state index is 9.82. The second kappa shape index (κ2) is 5.95. The summed E-state index contributed by atoms with van der Waals surface area (Å²) in [7, 11) is 0. The lowest BCUT2D eigenvalue weighted by molar-refractivity contribution is 0.144. The van der Waals surface area contributed by atoms with Crippen LogP contribution in [-0.2, 0) is 0 Å². The highest BCUT2D eigenvalue weighted by atomic mass is 16.3. The molecule has 0 aromatic heterocycles. The topological polar surface area (TPSA) is 52.7 Å². The Morgan fingerprint density at radius 3 is 2.48 bits per heavy atom. The molecular formula is C17H27N3O. The minimum absolute atomic E-state index is 0.0675. The van der Waals surface area contributed by atoms with Crippen LogP contribution in [0.15, 0.2) is 18.2 Å². The van der Waals surface area contributed by atoms with Gasteiger partial charge in [0.1, 0.15) is 0 Å². The first kappa shape index (κ1) is 14.8. The Bertz CT molecular complexity index is 487. The van der Waals surface area contributed by atoms with E-state index in [0.29, 0.717) is 6.04 Å². The number of nitrogens with zero attached hydrogens (tertiary/aromatic N) is 2. The van der Waals surface area contributed by atoms with Crippen molar-refractivity contribution >= 4 is 5.69 Å². The molecule has 0 spiro atoms. The van der Waals surface area contributed by atoms with Crippen molar-refractivity contribution in [2.24, 2.45) is 5.73 Å². The van der Waals surface area contributed by atoms with E-state index < -0.39 is 0 Å². The van der Waals surface area contributed by atoms with Gasteiger partial charge < -0.3 is 15.7 Å². The van der Waals surface area contributed by atoms with E-state index in [9.17, 15) is 5.11 Å². The zero-order valence-electron chi connectivity index (χ0n) is 13.1. The lowest BCUT2D eigenvalue weighted by Crippen LogP contribution is -2.45. The fourth-order valence-electron chi connectivity index (χ4n) is 3.69. The molecule has 0 radical (unpaired) electrons. The highest BCUT2D eigenvalue weighted by Crippen LogP contribution is 2.28. The van der Waals surface area contributed by atoms with Crippen molar-refractivity contribution < 1.29 is 5.11 Å². The van der Waals surface area contributed by atoms with Gasteiger partial charge in [-0.3, -0.25) is 4.90 Å². The minimum Gasteiger partial charge on any atom is -0.390 e. The first-order valence-corrected chi connectivity index (χ1v) is 8.05. The molecule has 0 amide bonds. The predicted octanol–water partition coefficient (Wildman–Crippen LogP) is 1.28. The number of aryl methyl sites for hydroxylation is 1. The summed E-state index contributed by atoms with van der Waals surface area (Å²) >= 11 is 0. The summed E-state index contributed by atoms with van der Waals surface area (Å²) < 4.78 is 0. The smallest absolute Gasteiger partial charge is 0.0830 e. The molecule has 3 rings (SSSR count). The lowest BCUT2D eigenvalue weighted by Gasteiger charge is -2.38. The van der Waals surface area contributed by atoms with Crippen molar-refractivity contribution in [1.29, 1.82) is 0 Å². The van der Waals surface area contributed by atoms with Crippen LogP contribution >= 0.6 is 0 Å². The molecule has 2 atom stereocenters. The third-order valence-electron chi connectivity index (χ3n) is 5.26. The summed E-state index contributed by atoms with van der Waals surface area (Å²) in [6, 6.07) is 7.08. The van der Waals surface area contributed by atoms with Gasteiger partial charge >= 0.3 is 0 Å². The van der Waals surface area contributed by atoms with E-state index in [-0.39, 0.29) is 12.1 Å². The Morgan fingerprint density at radius 2 is 1.86 bits per heavy atom. The molecule has 1 aromatic carbocycles. The molecule has 0 aliphatic carbocycles. The van der Waals surface area contributed by atoms with E-state index in [4.69, 9.17) is 5.73 Å². The van der Waals surface area contributed by atoms with E-state index in [1.54, 1.807) is 0 Å². The Kier molecular flexibility index (Phi) is 4.20. The van der Waals surface area contributed by atoms with E-state index in [2.05, 4.69) is 41.8 Å². The summed E-state index contributed by atoms with van der Waals surface area (Å²) in [5.41, 5.74) is 10.1. The van der Waals surface area contributed by atoms with Crippen LogP contribution in [0.2, 0.25) is 0 Å². The number of hydrogen-bond acceptors (Lipinski definition) is 4. The van der Waals surface area contributed by atoms with Crippen molar-refractivity contribution in [2.45, 2.75) is 44.9 Å². The molecule has 4 nitrogen and oxygen atoms in total. The largest absolute Gasteiger partial charge is 0.390 e. The first-order chi connectivity index (χ1) is 10.1. The van der Waals surface area contributed by atoms with Gasteiger partial charge in [0.15, 0.2) is 0 Å². The van der Waals surface area contributed by atoms with Gasteiger partial charge in [0.2, 0.25) is 0 Å². The van der Waals surface area contributed by atoms with Crippen molar-refractivity contribution in [1.82, 2.24) is 4.90 Å². The first-order valence-electron chi connectivity index (χ1n) is 8.05. The zero-order chi connectivity index (χ0) is 15.0. The van der Waals surface area contributed by atoms with E-state index >= 15 is 0 Å². The van der Waals surface area contributed by atoms with Crippen LogP contribution in [0, 0.1) is 13.8 Å². The number of piperidine rings is 1. The predicted molar refractivity (Wildman–Crippen MR) is 86.7 cm³/mol. The molecule has 2 aliphatic rings. The maximum absolute atomic E-state index is 9.82. The number of benzene rings is 1. The molecule has 0 bridgehead atoms. The minimum atomic E-state index is -0.345. The fourth-order valence-corrected chi connectivity index (χ4v) is 3.69. The van der Waals surface area contributed by atoms with Crippen molar-refractivity contribution in [3.63, 3.8) is 0 Å². The average Bonchev–Trinajstić information content (AvgIpc) is 2.82. The SMILES string of the molecule is Cc1cccc(N2CCC(N3CC(N)C(O)C3)CC2)c1C. The Balaban J connectivity index is 1.62. The molecule has 2 unspecified atom stereocenters. The van der Waals surface area contributed by atoms with Crippen molar-refractivity contribution in [3.05, 3.63) is 29.3 Å². The number of likely N-dealkylation sites (tertiary alicyclic amines) is 1. The number of β-amino-alcohol motifs (C(OH)–C–C–N with tert-alkyl or cyclic N) is 1. The third-order valence-corrected chi connectivity index (χ3v) is 5.26. The number of hydrogen-bond donors (Lipinski definition) is 2. The van der Waals surface area contributed by atoms with Crippen LogP contribution in [0.4, 0.5) is 5.69 Å². The zero-order valence-corrected chi connectivity index (χ0v) is 13.1. The van der Waals surface area contributed by atoms with Crippen molar-refractivity contribution in [2.75, 3.05) is 31.1 Å². The summed E-state index contributed by atoms with van der Waals surface area (Å²) in [6.07, 6.45) is 1.97. The number of anilines is 1. The molecule has 4 heteroatoms. The van der Waals surface area contributed by atoms with Crippen LogP contribution in [-0.4, -0.2) is 54.4 Å². The molecule has 3 N–H and O–H groups in total. The van der Waals surface area contributed by atoms with Gasteiger partial charge in [0.05, 0.1) is 6.10 Å². The van der Waals surface area contributed by atoms with Gasteiger partial charge in [0.25, 0.3) is 0 Å². The van der Waals surface area contributed by atoms with Gasteiger partial charge in [-0.1, -0.05) is 12.1 Å². The van der Waals surface area contributed by atoms with E-state index in [0.717, 1.165) is 39.0 Å². The van der Waals surface area contributed by atoms with Crippen LogP contribution < -0.4 is 10.6 Å². The Labute approximate surface area is 127 Å². The molecule has 2 aliphatic heterocycles. The molecule has 2 heterocycles. The number of aliphatic hydroxyl groups is 1. The van der Waals surface area contributed by atoms with Gasteiger partial charge in [-0.05, 0) is 43.9 Å². The van der Waals surface area contributed by atoms with E-state index in [1.165, 1.54) is 16.8 Å². The van der Waals surface area contributed by atoms with Crippen LogP contribution in [0.5, 0.6) is 0 Å². The summed E-state index contributed by atoms with van der Waals surface area (Å²) in [5, 5.41) is 9.82.